The van der Waals surface area contributed by atoms with Crippen molar-refractivity contribution in [2.24, 2.45) is 0 Å². The lowest BCUT2D eigenvalue weighted by Crippen LogP contribution is -2.22. The Morgan fingerprint density at radius 1 is 1.60 bits per heavy atom. The second kappa shape index (κ2) is 4.75. The third-order valence-electron chi connectivity index (χ3n) is 1.95. The smallest absolute Gasteiger partial charge is 0.332 e. The molecule has 0 saturated carbocycles. The van der Waals surface area contributed by atoms with Crippen molar-refractivity contribution in [3.8, 4) is 5.75 Å². The van der Waals surface area contributed by atoms with Gasteiger partial charge in [-0.25, -0.2) is 9.18 Å². The van der Waals surface area contributed by atoms with E-state index >= 15 is 0 Å². The van der Waals surface area contributed by atoms with E-state index in [0.29, 0.717) is 5.56 Å². The molecule has 1 aromatic rings. The van der Waals surface area contributed by atoms with E-state index in [0.717, 1.165) is 0 Å². The van der Waals surface area contributed by atoms with Gasteiger partial charge in [0.15, 0.2) is 17.7 Å². The molecule has 0 heterocycles. The largest absolute Gasteiger partial charge is 0.493 e. The summed E-state index contributed by atoms with van der Waals surface area (Å²) in [6.45, 7) is 0. The van der Waals surface area contributed by atoms with Crippen molar-refractivity contribution in [3.63, 3.8) is 0 Å². The fraction of sp³-hybridized carbons (Fsp3) is 0.300. The quantitative estimate of drug-likeness (QED) is 0.778. The molecule has 0 aliphatic heterocycles. The number of carboxylic acid groups (broad SMARTS) is 1. The fourth-order valence-corrected chi connectivity index (χ4v) is 1.24. The van der Waals surface area contributed by atoms with Crippen LogP contribution in [0.4, 0.5) is 4.39 Å². The Bertz CT molecular complexity index is 364. The van der Waals surface area contributed by atoms with Crippen molar-refractivity contribution in [2.75, 3.05) is 7.11 Å². The monoisotopic (exact) mass is 214 g/mol. The Balaban J connectivity index is 2.94. The molecule has 0 bridgehead atoms. The van der Waals surface area contributed by atoms with Crippen LogP contribution in [0, 0.1) is 5.82 Å². The van der Waals surface area contributed by atoms with Crippen LogP contribution < -0.4 is 4.74 Å². The molecule has 0 unspecified atom stereocenters. The lowest BCUT2D eigenvalue weighted by molar-refractivity contribution is -0.146. The number of aliphatic hydroxyl groups is 1. The van der Waals surface area contributed by atoms with Gasteiger partial charge in [-0.1, -0.05) is 12.1 Å². The first-order valence-corrected chi connectivity index (χ1v) is 4.28. The summed E-state index contributed by atoms with van der Waals surface area (Å²) in [7, 11) is 1.29. The van der Waals surface area contributed by atoms with Gasteiger partial charge in [-0.2, -0.15) is 0 Å². The van der Waals surface area contributed by atoms with Crippen LogP contribution in [-0.4, -0.2) is 29.4 Å². The number of hydrogen-bond acceptors (Lipinski definition) is 3. The van der Waals surface area contributed by atoms with Crippen LogP contribution in [0.3, 0.4) is 0 Å². The third-order valence-corrected chi connectivity index (χ3v) is 1.95. The van der Waals surface area contributed by atoms with Gasteiger partial charge in [0.1, 0.15) is 0 Å². The minimum atomic E-state index is -1.55. The zero-order valence-electron chi connectivity index (χ0n) is 8.11. The van der Waals surface area contributed by atoms with E-state index in [1.165, 1.54) is 25.3 Å². The molecule has 2 N–H and O–H groups in total. The van der Waals surface area contributed by atoms with Gasteiger partial charge >= 0.3 is 5.97 Å². The first-order valence-electron chi connectivity index (χ1n) is 4.28. The second-order valence-electron chi connectivity index (χ2n) is 2.99. The molecular formula is C10H11FO4. The average Bonchev–Trinajstić information content (AvgIpc) is 2.18. The molecule has 0 aliphatic rings. The molecule has 0 amide bonds. The molecule has 4 nitrogen and oxygen atoms in total. The molecule has 0 radical (unpaired) electrons. The summed E-state index contributed by atoms with van der Waals surface area (Å²) in [6.07, 6.45) is -1.74. The number of hydrogen-bond donors (Lipinski definition) is 2. The highest BCUT2D eigenvalue weighted by molar-refractivity contribution is 5.72. The van der Waals surface area contributed by atoms with Gasteiger partial charge in [0.2, 0.25) is 0 Å². The summed E-state index contributed by atoms with van der Waals surface area (Å²) in [5, 5.41) is 17.6. The number of aliphatic carboxylic acids is 1. The minimum absolute atomic E-state index is 0.0298. The number of halogens is 1. The zero-order chi connectivity index (χ0) is 11.4. The molecule has 5 heteroatoms. The van der Waals surface area contributed by atoms with Gasteiger partial charge in [-0.05, 0) is 6.07 Å². The number of carboxylic acids is 1. The van der Waals surface area contributed by atoms with Crippen LogP contribution in [0.5, 0.6) is 5.75 Å². The Kier molecular flexibility index (Phi) is 3.62. The van der Waals surface area contributed by atoms with E-state index in [-0.39, 0.29) is 12.2 Å². The van der Waals surface area contributed by atoms with E-state index in [2.05, 4.69) is 0 Å². The molecular weight excluding hydrogens is 203 g/mol. The number of rotatable bonds is 4. The summed E-state index contributed by atoms with van der Waals surface area (Å²) < 4.78 is 17.9. The maximum Gasteiger partial charge on any atom is 0.332 e. The average molecular weight is 214 g/mol. The summed E-state index contributed by atoms with van der Waals surface area (Å²) in [6, 6.07) is 4.14. The zero-order valence-corrected chi connectivity index (χ0v) is 8.11. The molecule has 82 valence electrons. The topological polar surface area (TPSA) is 66.8 Å². The molecule has 15 heavy (non-hydrogen) atoms. The summed E-state index contributed by atoms with van der Waals surface area (Å²) in [5.74, 6) is -1.95. The van der Waals surface area contributed by atoms with Gasteiger partial charge in [0, 0.05) is 12.0 Å². The van der Waals surface area contributed by atoms with Gasteiger partial charge in [0.05, 0.1) is 7.11 Å². The van der Waals surface area contributed by atoms with E-state index in [9.17, 15) is 9.18 Å². The number of carbonyl (C=O) groups is 1. The maximum atomic E-state index is 13.1. The van der Waals surface area contributed by atoms with Gasteiger partial charge < -0.3 is 14.9 Å². The Morgan fingerprint density at radius 3 is 2.80 bits per heavy atom. The number of methoxy groups -OCH3 is 1. The number of benzene rings is 1. The van der Waals surface area contributed by atoms with Gasteiger partial charge in [-0.15, -0.1) is 0 Å². The SMILES string of the molecule is COc1c(F)cccc1C[C@@H](O)C(=O)O. The minimum Gasteiger partial charge on any atom is -0.493 e. The van der Waals surface area contributed by atoms with Crippen LogP contribution in [0.25, 0.3) is 0 Å². The molecule has 0 aromatic heterocycles. The maximum absolute atomic E-state index is 13.1. The van der Waals surface area contributed by atoms with Crippen molar-refractivity contribution in [1.29, 1.82) is 0 Å². The molecule has 1 atom stereocenters. The molecule has 0 spiro atoms. The third kappa shape index (κ3) is 2.66. The number of para-hydroxylation sites is 1. The lowest BCUT2D eigenvalue weighted by atomic mass is 10.1. The highest BCUT2D eigenvalue weighted by Crippen LogP contribution is 2.23. The highest BCUT2D eigenvalue weighted by atomic mass is 19.1. The van der Waals surface area contributed by atoms with Crippen molar-refractivity contribution in [1.82, 2.24) is 0 Å². The van der Waals surface area contributed by atoms with Crippen LogP contribution in [0.15, 0.2) is 18.2 Å². The predicted molar refractivity (Wildman–Crippen MR) is 50.3 cm³/mol. The lowest BCUT2D eigenvalue weighted by Gasteiger charge is -2.10. The molecule has 0 saturated heterocycles. The first kappa shape index (κ1) is 11.5. The van der Waals surface area contributed by atoms with Crippen LogP contribution in [0.2, 0.25) is 0 Å². The number of aliphatic hydroxyl groups excluding tert-OH is 1. The van der Waals surface area contributed by atoms with E-state index in [1.807, 2.05) is 0 Å². The van der Waals surface area contributed by atoms with E-state index in [4.69, 9.17) is 14.9 Å². The van der Waals surface area contributed by atoms with E-state index in [1.54, 1.807) is 0 Å². The van der Waals surface area contributed by atoms with Crippen LogP contribution in [-0.2, 0) is 11.2 Å². The predicted octanol–water partition coefficient (Wildman–Crippen LogP) is 0.822. The molecule has 1 aromatic carbocycles. The Morgan fingerprint density at radius 2 is 2.27 bits per heavy atom. The normalized spacial score (nSPS) is 12.2. The van der Waals surface area contributed by atoms with Crippen LogP contribution >= 0.6 is 0 Å². The molecule has 1 rings (SSSR count). The van der Waals surface area contributed by atoms with Crippen molar-refractivity contribution < 1.29 is 24.1 Å². The summed E-state index contributed by atoms with van der Waals surface area (Å²) in [5.41, 5.74) is 0.326. The number of ether oxygens (including phenoxy) is 1. The first-order chi connectivity index (χ1) is 7.06. The van der Waals surface area contributed by atoms with Gasteiger partial charge in [0.25, 0.3) is 0 Å². The Labute approximate surface area is 85.9 Å². The van der Waals surface area contributed by atoms with Crippen molar-refractivity contribution in [2.45, 2.75) is 12.5 Å². The highest BCUT2D eigenvalue weighted by Gasteiger charge is 2.17. The van der Waals surface area contributed by atoms with Crippen molar-refractivity contribution in [3.05, 3.63) is 29.6 Å². The summed E-state index contributed by atoms with van der Waals surface area (Å²) in [4.78, 5) is 10.4. The fourth-order valence-electron chi connectivity index (χ4n) is 1.24. The van der Waals surface area contributed by atoms with Gasteiger partial charge in [-0.3, -0.25) is 0 Å². The van der Waals surface area contributed by atoms with Crippen LogP contribution in [0.1, 0.15) is 5.56 Å². The molecule has 0 aliphatic carbocycles. The molecule has 0 fully saturated rings. The van der Waals surface area contributed by atoms with Crippen molar-refractivity contribution >= 4 is 5.97 Å². The standard InChI is InChI=1S/C10H11FO4/c1-15-9-6(3-2-4-7(9)11)5-8(12)10(13)14/h2-4,8,12H,5H2,1H3,(H,13,14)/t8-/m1/s1. The summed E-state index contributed by atoms with van der Waals surface area (Å²) >= 11 is 0. The second-order valence-corrected chi connectivity index (χ2v) is 2.99. The van der Waals surface area contributed by atoms with E-state index < -0.39 is 17.9 Å². The Hall–Kier alpha value is -1.62.